The fourth-order valence-electron chi connectivity index (χ4n) is 2.19. The van der Waals surface area contributed by atoms with Gasteiger partial charge in [-0.2, -0.15) is 0 Å². The van der Waals surface area contributed by atoms with E-state index in [9.17, 15) is 0 Å². The highest BCUT2D eigenvalue weighted by Crippen LogP contribution is 2.23. The van der Waals surface area contributed by atoms with E-state index >= 15 is 0 Å². The Morgan fingerprint density at radius 3 is 1.77 bits per heavy atom. The van der Waals surface area contributed by atoms with E-state index in [0.717, 1.165) is 0 Å². The van der Waals surface area contributed by atoms with Crippen LogP contribution in [0.4, 0.5) is 0 Å². The Balaban J connectivity index is 2.24. The van der Waals surface area contributed by atoms with E-state index in [-0.39, 0.29) is 0 Å². The molecule has 0 unspecified atom stereocenters. The van der Waals surface area contributed by atoms with Crippen molar-refractivity contribution >= 4 is 0 Å². The highest BCUT2D eigenvalue weighted by molar-refractivity contribution is 4.92. The number of hydrogen-bond donors (Lipinski definition) is 0. The van der Waals surface area contributed by atoms with Gasteiger partial charge in [0.15, 0.2) is 0 Å². The zero-order chi connectivity index (χ0) is 9.52. The maximum absolute atomic E-state index is 2.31. The van der Waals surface area contributed by atoms with Gasteiger partial charge in [0.25, 0.3) is 0 Å². The predicted molar refractivity (Wildman–Crippen MR) is 58.7 cm³/mol. The van der Waals surface area contributed by atoms with E-state index < -0.39 is 0 Å². The molecule has 0 saturated heterocycles. The molecular weight excluding hydrogens is 158 g/mol. The van der Waals surface area contributed by atoms with E-state index in [1.165, 1.54) is 57.9 Å². The summed E-state index contributed by atoms with van der Waals surface area (Å²) >= 11 is 0. The van der Waals surface area contributed by atoms with Crippen LogP contribution in [0.1, 0.15) is 51.4 Å². The van der Waals surface area contributed by atoms with Crippen LogP contribution in [0.15, 0.2) is 0 Å². The van der Waals surface area contributed by atoms with E-state index in [1.807, 2.05) is 0 Å². The fraction of sp³-hybridized carbons (Fsp3) is 0.917. The van der Waals surface area contributed by atoms with E-state index in [1.54, 1.807) is 5.92 Å². The molecule has 1 fully saturated rings. The molecule has 0 aromatic carbocycles. The first-order valence-corrected chi connectivity index (χ1v) is 5.77. The van der Waals surface area contributed by atoms with Crippen molar-refractivity contribution < 1.29 is 0 Å². The fourth-order valence-corrected chi connectivity index (χ4v) is 2.19. The maximum Gasteiger partial charge on any atom is 0.00377 e. The summed E-state index contributed by atoms with van der Waals surface area (Å²) in [5.41, 5.74) is 0. The summed E-state index contributed by atoms with van der Waals surface area (Å²) in [5.74, 6) is 1.78. The third-order valence-corrected chi connectivity index (χ3v) is 2.85. The van der Waals surface area contributed by atoms with Gasteiger partial charge in [0, 0.05) is 6.54 Å². The molecule has 0 aromatic rings. The zero-order valence-corrected chi connectivity index (χ0v) is 9.31. The van der Waals surface area contributed by atoms with Crippen molar-refractivity contribution in [3.05, 3.63) is 5.92 Å². The van der Waals surface area contributed by atoms with Gasteiger partial charge in [-0.25, -0.2) is 0 Å². The molecule has 1 aliphatic carbocycles. The molecule has 1 saturated carbocycles. The van der Waals surface area contributed by atoms with Crippen molar-refractivity contribution in [2.24, 2.45) is 0 Å². The van der Waals surface area contributed by atoms with Gasteiger partial charge in [-0.1, -0.05) is 38.5 Å². The van der Waals surface area contributed by atoms with E-state index in [0.29, 0.717) is 0 Å². The monoisotopic (exact) mass is 182 g/mol. The highest BCUT2D eigenvalue weighted by Gasteiger charge is 2.11. The molecule has 0 aliphatic heterocycles. The summed E-state index contributed by atoms with van der Waals surface area (Å²) in [6.07, 6.45) is 11.5. The van der Waals surface area contributed by atoms with Crippen LogP contribution in [0.25, 0.3) is 0 Å². The van der Waals surface area contributed by atoms with Gasteiger partial charge < -0.3 is 4.90 Å². The van der Waals surface area contributed by atoms with Crippen molar-refractivity contribution in [2.75, 3.05) is 20.6 Å². The summed E-state index contributed by atoms with van der Waals surface area (Å²) in [5, 5.41) is 0. The van der Waals surface area contributed by atoms with Crippen molar-refractivity contribution in [1.29, 1.82) is 0 Å². The smallest absolute Gasteiger partial charge is 0.00377 e. The molecular formula is C12H24N. The van der Waals surface area contributed by atoms with Gasteiger partial charge in [-0.3, -0.25) is 0 Å². The molecule has 1 rings (SSSR count). The average Bonchev–Trinajstić information content (AvgIpc) is 2.17. The summed E-state index contributed by atoms with van der Waals surface area (Å²) in [6, 6.07) is 0. The Morgan fingerprint density at radius 2 is 1.31 bits per heavy atom. The molecule has 1 radical (unpaired) electrons. The van der Waals surface area contributed by atoms with E-state index in [2.05, 4.69) is 19.0 Å². The van der Waals surface area contributed by atoms with Crippen molar-refractivity contribution in [1.82, 2.24) is 4.90 Å². The molecule has 0 amide bonds. The summed E-state index contributed by atoms with van der Waals surface area (Å²) < 4.78 is 0. The van der Waals surface area contributed by atoms with Gasteiger partial charge in [0.1, 0.15) is 0 Å². The SMILES string of the molecule is CN(C)C[C]1CCCCCCCC1. The number of rotatable bonds is 2. The topological polar surface area (TPSA) is 3.24 Å². The minimum atomic E-state index is 1.22. The van der Waals surface area contributed by atoms with Crippen LogP contribution < -0.4 is 0 Å². The Labute approximate surface area is 83.5 Å². The first-order valence-electron chi connectivity index (χ1n) is 5.77. The van der Waals surface area contributed by atoms with Crippen molar-refractivity contribution in [3.8, 4) is 0 Å². The van der Waals surface area contributed by atoms with Gasteiger partial charge in [0.05, 0.1) is 0 Å². The lowest BCUT2D eigenvalue weighted by Gasteiger charge is -2.19. The molecule has 0 atom stereocenters. The molecule has 0 bridgehead atoms. The van der Waals surface area contributed by atoms with Crippen molar-refractivity contribution in [3.63, 3.8) is 0 Å². The molecule has 0 spiro atoms. The zero-order valence-electron chi connectivity index (χ0n) is 9.31. The summed E-state index contributed by atoms with van der Waals surface area (Å²) in [4.78, 5) is 2.31. The third-order valence-electron chi connectivity index (χ3n) is 2.85. The van der Waals surface area contributed by atoms with Gasteiger partial charge in [0.2, 0.25) is 0 Å². The summed E-state index contributed by atoms with van der Waals surface area (Å²) in [6.45, 7) is 1.22. The average molecular weight is 182 g/mol. The standard InChI is InChI=1S/C12H24N/c1-13(2)11-12-9-7-5-3-4-6-8-10-12/h3-11H2,1-2H3. The lowest BCUT2D eigenvalue weighted by Crippen LogP contribution is -2.20. The maximum atomic E-state index is 2.31. The van der Waals surface area contributed by atoms with E-state index in [4.69, 9.17) is 0 Å². The number of nitrogens with zero attached hydrogens (tertiary/aromatic N) is 1. The Kier molecular flexibility index (Phi) is 5.45. The van der Waals surface area contributed by atoms with Crippen LogP contribution in [0, 0.1) is 5.92 Å². The van der Waals surface area contributed by atoms with Crippen LogP contribution in [-0.2, 0) is 0 Å². The Hall–Kier alpha value is -0.0400. The second-order valence-electron chi connectivity index (χ2n) is 4.61. The van der Waals surface area contributed by atoms with Crippen LogP contribution in [0.3, 0.4) is 0 Å². The lowest BCUT2D eigenvalue weighted by molar-refractivity contribution is 0.397. The van der Waals surface area contributed by atoms with Crippen LogP contribution >= 0.6 is 0 Å². The second kappa shape index (κ2) is 6.42. The van der Waals surface area contributed by atoms with Gasteiger partial charge in [-0.05, 0) is 32.9 Å². The quantitative estimate of drug-likeness (QED) is 0.633. The second-order valence-corrected chi connectivity index (χ2v) is 4.61. The molecule has 0 heterocycles. The Morgan fingerprint density at radius 1 is 0.846 bits per heavy atom. The van der Waals surface area contributed by atoms with Gasteiger partial charge >= 0.3 is 0 Å². The largest absolute Gasteiger partial charge is 0.309 e. The summed E-state index contributed by atoms with van der Waals surface area (Å²) in [7, 11) is 4.36. The molecule has 77 valence electrons. The van der Waals surface area contributed by atoms with Gasteiger partial charge in [-0.15, -0.1) is 0 Å². The minimum absolute atomic E-state index is 1.22. The third kappa shape index (κ3) is 5.30. The Bertz CT molecular complexity index is 110. The van der Waals surface area contributed by atoms with Crippen LogP contribution in [0.2, 0.25) is 0 Å². The first-order chi connectivity index (χ1) is 6.29. The highest BCUT2D eigenvalue weighted by atomic mass is 15.1. The molecule has 1 nitrogen and oxygen atoms in total. The number of hydrogen-bond acceptors (Lipinski definition) is 1. The molecule has 1 aliphatic rings. The minimum Gasteiger partial charge on any atom is -0.309 e. The van der Waals surface area contributed by atoms with Crippen LogP contribution in [-0.4, -0.2) is 25.5 Å². The normalized spacial score (nSPS) is 22.4. The molecule has 1 heteroatoms. The molecule has 0 N–H and O–H groups in total. The molecule has 0 aromatic heterocycles. The van der Waals surface area contributed by atoms with Crippen molar-refractivity contribution in [2.45, 2.75) is 51.4 Å². The first kappa shape index (κ1) is 11.0. The lowest BCUT2D eigenvalue weighted by atomic mass is 9.97. The molecule has 13 heavy (non-hydrogen) atoms. The van der Waals surface area contributed by atoms with Crippen LogP contribution in [0.5, 0.6) is 0 Å². The predicted octanol–water partition coefficient (Wildman–Crippen LogP) is 3.26.